The summed E-state index contributed by atoms with van der Waals surface area (Å²) in [4.78, 5) is 5.55. The second kappa shape index (κ2) is 8.57. The maximum Gasteiger partial charge on any atom is 0.252 e. The molecule has 1 unspecified atom stereocenters. The van der Waals surface area contributed by atoms with E-state index >= 15 is 0 Å². The molecule has 9 heteroatoms. The molecule has 2 aromatic heterocycles. The zero-order valence-corrected chi connectivity index (χ0v) is 18.8. The maximum atomic E-state index is 12.9. The Balaban J connectivity index is 1.39. The van der Waals surface area contributed by atoms with Gasteiger partial charge in [0.1, 0.15) is 4.21 Å². The van der Waals surface area contributed by atoms with Gasteiger partial charge in [0.25, 0.3) is 10.0 Å². The molecule has 4 rings (SSSR count). The van der Waals surface area contributed by atoms with Crippen molar-refractivity contribution in [3.8, 4) is 0 Å². The number of aromatic nitrogens is 2. The van der Waals surface area contributed by atoms with Crippen molar-refractivity contribution in [3.05, 3.63) is 29.1 Å². The Hall–Kier alpha value is -1.71. The van der Waals surface area contributed by atoms with Gasteiger partial charge in [-0.2, -0.15) is 4.31 Å². The molecule has 0 radical (unpaired) electrons. The predicted molar refractivity (Wildman–Crippen MR) is 117 cm³/mol. The molecule has 2 aliphatic rings. The summed E-state index contributed by atoms with van der Waals surface area (Å²) in [7, 11) is -3.40. The first-order valence-electron chi connectivity index (χ1n) is 10.4. The number of thiophene rings is 1. The Morgan fingerprint density at radius 3 is 2.34 bits per heavy atom. The first kappa shape index (κ1) is 20.6. The molecule has 29 heavy (non-hydrogen) atoms. The number of hydrogen-bond donors (Lipinski definition) is 0. The molecule has 0 amide bonds. The summed E-state index contributed by atoms with van der Waals surface area (Å²) in [6.45, 7) is 7.50. The van der Waals surface area contributed by atoms with Crippen LogP contribution in [0.3, 0.4) is 0 Å². The minimum absolute atomic E-state index is 0.447. The number of nitrogens with zero attached hydrogens (tertiary/aromatic N) is 5. The standard InChI is InChI=1S/C20H29N5O2S2/c1-3-17-7-10-20(28-17)29(26,27)24-14-12-23(13-15-24)18-8-9-19(22-21-18)25-11-5-4-6-16(25)2/h7-10,16H,3-6,11-15H2,1-2H3. The quantitative estimate of drug-likeness (QED) is 0.719. The highest BCUT2D eigenvalue weighted by Crippen LogP contribution is 2.27. The van der Waals surface area contributed by atoms with E-state index in [1.165, 1.54) is 30.6 Å². The molecule has 0 N–H and O–H groups in total. The lowest BCUT2D eigenvalue weighted by Gasteiger charge is -2.35. The minimum atomic E-state index is -3.40. The Bertz CT molecular complexity index is 921. The van der Waals surface area contributed by atoms with Crippen molar-refractivity contribution in [2.24, 2.45) is 0 Å². The molecule has 2 aromatic rings. The summed E-state index contributed by atoms with van der Waals surface area (Å²) in [5, 5.41) is 8.90. The number of hydrogen-bond acceptors (Lipinski definition) is 7. The van der Waals surface area contributed by atoms with Gasteiger partial charge in [-0.25, -0.2) is 8.42 Å². The molecule has 0 spiro atoms. The molecule has 0 saturated carbocycles. The fourth-order valence-corrected chi connectivity index (χ4v) is 6.92. The van der Waals surface area contributed by atoms with Crippen LogP contribution in [0.4, 0.5) is 11.6 Å². The van der Waals surface area contributed by atoms with Crippen LogP contribution in [0.25, 0.3) is 0 Å². The Kier molecular flexibility index (Phi) is 6.08. The Morgan fingerprint density at radius 1 is 1.00 bits per heavy atom. The van der Waals surface area contributed by atoms with Crippen LogP contribution in [0.5, 0.6) is 0 Å². The van der Waals surface area contributed by atoms with E-state index < -0.39 is 10.0 Å². The highest BCUT2D eigenvalue weighted by atomic mass is 32.2. The topological polar surface area (TPSA) is 69.6 Å². The van der Waals surface area contributed by atoms with Crippen LogP contribution in [0, 0.1) is 0 Å². The van der Waals surface area contributed by atoms with Crippen LogP contribution in [0.1, 0.15) is 38.0 Å². The smallest absolute Gasteiger partial charge is 0.252 e. The summed E-state index contributed by atoms with van der Waals surface area (Å²) in [6.07, 6.45) is 4.54. The fraction of sp³-hybridized carbons (Fsp3) is 0.600. The molecular weight excluding hydrogens is 406 g/mol. The average Bonchev–Trinajstić information content (AvgIpc) is 3.25. The molecule has 0 bridgehead atoms. The Labute approximate surface area is 177 Å². The molecular formula is C20H29N5O2S2. The zero-order chi connectivity index (χ0) is 20.4. The summed E-state index contributed by atoms with van der Waals surface area (Å²) in [6, 6.07) is 8.21. The molecule has 4 heterocycles. The van der Waals surface area contributed by atoms with Crippen molar-refractivity contribution >= 4 is 33.0 Å². The summed E-state index contributed by atoms with van der Waals surface area (Å²) < 4.78 is 27.8. The lowest BCUT2D eigenvalue weighted by Crippen LogP contribution is -2.48. The van der Waals surface area contributed by atoms with E-state index in [1.807, 2.05) is 25.1 Å². The first-order chi connectivity index (χ1) is 14.0. The van der Waals surface area contributed by atoms with Crippen molar-refractivity contribution in [3.63, 3.8) is 0 Å². The third-order valence-electron chi connectivity index (χ3n) is 5.88. The number of piperidine rings is 1. The van der Waals surface area contributed by atoms with Gasteiger partial charge in [0, 0.05) is 43.6 Å². The van der Waals surface area contributed by atoms with Gasteiger partial charge in [-0.3, -0.25) is 0 Å². The third-order valence-corrected chi connectivity index (χ3v) is 9.47. The lowest BCUT2D eigenvalue weighted by molar-refractivity contribution is 0.384. The SMILES string of the molecule is CCc1ccc(S(=O)(=O)N2CCN(c3ccc(N4CCCCC4C)nn3)CC2)s1. The molecule has 158 valence electrons. The molecule has 0 aliphatic carbocycles. The Morgan fingerprint density at radius 2 is 1.72 bits per heavy atom. The van der Waals surface area contributed by atoms with Crippen LogP contribution >= 0.6 is 11.3 Å². The zero-order valence-electron chi connectivity index (χ0n) is 17.1. The van der Waals surface area contributed by atoms with E-state index in [0.717, 1.165) is 29.5 Å². The van der Waals surface area contributed by atoms with E-state index in [9.17, 15) is 8.42 Å². The third kappa shape index (κ3) is 4.27. The van der Waals surface area contributed by atoms with Gasteiger partial charge >= 0.3 is 0 Å². The molecule has 2 aliphatic heterocycles. The van der Waals surface area contributed by atoms with Crippen molar-refractivity contribution in [2.45, 2.75) is 49.8 Å². The van der Waals surface area contributed by atoms with Crippen LogP contribution in [-0.4, -0.2) is 61.7 Å². The van der Waals surface area contributed by atoms with Gasteiger partial charge in [-0.1, -0.05) is 6.92 Å². The molecule has 0 aromatic carbocycles. The highest BCUT2D eigenvalue weighted by Gasteiger charge is 2.30. The number of piperazine rings is 1. The van der Waals surface area contributed by atoms with Crippen LogP contribution in [0.15, 0.2) is 28.5 Å². The van der Waals surface area contributed by atoms with Gasteiger partial charge in [0.2, 0.25) is 0 Å². The van der Waals surface area contributed by atoms with Crippen LogP contribution in [0.2, 0.25) is 0 Å². The van der Waals surface area contributed by atoms with Crippen molar-refractivity contribution in [2.75, 3.05) is 42.5 Å². The first-order valence-corrected chi connectivity index (χ1v) is 12.7. The second-order valence-electron chi connectivity index (χ2n) is 7.75. The van der Waals surface area contributed by atoms with Crippen LogP contribution < -0.4 is 9.80 Å². The molecule has 2 saturated heterocycles. The van der Waals surface area contributed by atoms with E-state index in [2.05, 4.69) is 26.9 Å². The molecule has 1 atom stereocenters. The lowest BCUT2D eigenvalue weighted by atomic mass is 10.0. The van der Waals surface area contributed by atoms with Crippen molar-refractivity contribution < 1.29 is 8.42 Å². The summed E-state index contributed by atoms with van der Waals surface area (Å²) in [5.74, 6) is 1.76. The number of sulfonamides is 1. The monoisotopic (exact) mass is 435 g/mol. The van der Waals surface area contributed by atoms with Gasteiger partial charge in [-0.15, -0.1) is 21.5 Å². The van der Waals surface area contributed by atoms with E-state index in [-0.39, 0.29) is 0 Å². The van der Waals surface area contributed by atoms with Gasteiger partial charge in [0.15, 0.2) is 11.6 Å². The number of anilines is 2. The van der Waals surface area contributed by atoms with Crippen LogP contribution in [-0.2, 0) is 16.4 Å². The van der Waals surface area contributed by atoms with E-state index in [0.29, 0.717) is 36.4 Å². The highest BCUT2D eigenvalue weighted by molar-refractivity contribution is 7.91. The van der Waals surface area contributed by atoms with E-state index in [4.69, 9.17) is 0 Å². The average molecular weight is 436 g/mol. The molecule has 7 nitrogen and oxygen atoms in total. The van der Waals surface area contributed by atoms with Gasteiger partial charge in [0.05, 0.1) is 0 Å². The largest absolute Gasteiger partial charge is 0.352 e. The minimum Gasteiger partial charge on any atom is -0.352 e. The predicted octanol–water partition coefficient (Wildman–Crippen LogP) is 2.99. The normalized spacial score (nSPS) is 21.5. The second-order valence-corrected chi connectivity index (χ2v) is 11.1. The van der Waals surface area contributed by atoms with Crippen molar-refractivity contribution in [1.29, 1.82) is 0 Å². The number of aryl methyl sites for hydroxylation is 1. The summed E-state index contributed by atoms with van der Waals surface area (Å²) in [5.41, 5.74) is 0. The van der Waals surface area contributed by atoms with E-state index in [1.54, 1.807) is 10.4 Å². The number of rotatable bonds is 5. The fourth-order valence-electron chi connectivity index (χ4n) is 4.05. The summed E-state index contributed by atoms with van der Waals surface area (Å²) >= 11 is 1.38. The van der Waals surface area contributed by atoms with Gasteiger partial charge in [-0.05, 0) is 56.9 Å². The van der Waals surface area contributed by atoms with Crippen molar-refractivity contribution in [1.82, 2.24) is 14.5 Å². The molecule has 2 fully saturated rings. The van der Waals surface area contributed by atoms with Gasteiger partial charge < -0.3 is 9.80 Å². The maximum absolute atomic E-state index is 12.9.